The summed E-state index contributed by atoms with van der Waals surface area (Å²) < 4.78 is 5.83. The van der Waals surface area contributed by atoms with Crippen molar-refractivity contribution < 1.29 is 29.6 Å². The van der Waals surface area contributed by atoms with Gasteiger partial charge in [-0.15, -0.1) is 0 Å². The quantitative estimate of drug-likeness (QED) is 0.405. The second kappa shape index (κ2) is 9.89. The van der Waals surface area contributed by atoms with E-state index in [1.54, 1.807) is 20.2 Å². The van der Waals surface area contributed by atoms with Gasteiger partial charge in [0.1, 0.15) is 17.3 Å². The molecule has 40 heavy (non-hydrogen) atoms. The molecule has 0 saturated heterocycles. The fraction of sp³-hybridized carbons (Fsp3) is 0.613. The number of allylic oxidation sites excluding steroid dienone is 1. The Hall–Kier alpha value is -2.88. The van der Waals surface area contributed by atoms with Crippen molar-refractivity contribution in [3.8, 4) is 5.75 Å². The molecule has 4 aliphatic rings. The molecule has 0 aromatic heterocycles. The first-order chi connectivity index (χ1) is 18.7. The van der Waals surface area contributed by atoms with Gasteiger partial charge in [0.2, 0.25) is 0 Å². The zero-order valence-corrected chi connectivity index (χ0v) is 24.6. The highest BCUT2D eigenvalue weighted by molar-refractivity contribution is 6.13. The molecular weight excluding hydrogens is 510 g/mol. The number of nitrogens with two attached hydrogens (primary N) is 1. The summed E-state index contributed by atoms with van der Waals surface area (Å²) in [5.74, 6) is -1.84. The molecule has 5 N–H and O–H groups in total. The SMILES string of the molecule is COC1=C2C(=O)c3c(O)cc(CN(C)C(C)(C)C4CC4)c(C)c3C[C@H]2C[C@@H]2C1C(O)C(C(N)=O)=C(O)[C@H]2N(C)C. The molecule has 1 aromatic rings. The van der Waals surface area contributed by atoms with Crippen LogP contribution in [0.2, 0.25) is 0 Å². The van der Waals surface area contributed by atoms with Crippen LogP contribution >= 0.6 is 0 Å². The average Bonchev–Trinajstić information content (AvgIpc) is 3.71. The molecule has 1 aromatic carbocycles. The highest BCUT2D eigenvalue weighted by Gasteiger charge is 2.55. The number of aliphatic hydroxyl groups is 2. The van der Waals surface area contributed by atoms with Gasteiger partial charge < -0.3 is 25.8 Å². The Bertz CT molecular complexity index is 1320. The molecule has 1 fully saturated rings. The van der Waals surface area contributed by atoms with Crippen LogP contribution in [0.4, 0.5) is 0 Å². The van der Waals surface area contributed by atoms with Crippen molar-refractivity contribution in [3.05, 3.63) is 51.0 Å². The number of ketones is 1. The van der Waals surface area contributed by atoms with Crippen LogP contribution in [0.15, 0.2) is 28.7 Å². The number of aromatic hydroxyl groups is 1. The molecule has 0 bridgehead atoms. The predicted octanol–water partition coefficient (Wildman–Crippen LogP) is 2.81. The van der Waals surface area contributed by atoms with Crippen molar-refractivity contribution in [1.82, 2.24) is 9.80 Å². The first-order valence-electron chi connectivity index (χ1n) is 14.2. The number of rotatable bonds is 7. The number of carbonyl (C=O) groups is 2. The lowest BCUT2D eigenvalue weighted by Gasteiger charge is -2.49. The summed E-state index contributed by atoms with van der Waals surface area (Å²) in [6, 6.07) is 1.13. The number of methoxy groups -OCH3 is 1. The monoisotopic (exact) mass is 553 g/mol. The third-order valence-corrected chi connectivity index (χ3v) is 10.3. The standard InChI is InChI=1S/C31H43N3O6/c1-14-16(13-34(6)31(2,3)17-8-9-17)12-20(35)22-18(14)10-15-11-19-23(29(40-7)21(15)26(22)36)27(37)24(30(32)39)28(38)25(19)33(4)5/h12,15,17,19,23,25,27,35,37-38H,8-11,13H2,1-7H3,(H2,32,39)/t15-,19+,23?,25-,27?/m0/s1. The Morgan fingerprint density at radius 1 is 1.20 bits per heavy atom. The largest absolute Gasteiger partial charge is 0.510 e. The summed E-state index contributed by atoms with van der Waals surface area (Å²) in [6.45, 7) is 7.21. The maximum atomic E-state index is 14.1. The van der Waals surface area contributed by atoms with E-state index in [1.165, 1.54) is 20.0 Å². The third-order valence-electron chi connectivity index (χ3n) is 10.3. The van der Waals surface area contributed by atoms with E-state index in [2.05, 4.69) is 25.8 Å². The van der Waals surface area contributed by atoms with Gasteiger partial charge in [-0.3, -0.25) is 19.4 Å². The van der Waals surface area contributed by atoms with Crippen molar-refractivity contribution in [1.29, 1.82) is 0 Å². The van der Waals surface area contributed by atoms with Gasteiger partial charge >= 0.3 is 0 Å². The van der Waals surface area contributed by atoms with Crippen LogP contribution in [-0.4, -0.2) is 82.7 Å². The van der Waals surface area contributed by atoms with Crippen LogP contribution in [0.25, 0.3) is 0 Å². The van der Waals surface area contributed by atoms with Crippen LogP contribution in [0.1, 0.15) is 60.2 Å². The maximum Gasteiger partial charge on any atom is 0.250 e. The van der Waals surface area contributed by atoms with Crippen molar-refractivity contribution in [2.45, 2.75) is 70.7 Å². The molecule has 5 atom stereocenters. The molecule has 5 rings (SSSR count). The van der Waals surface area contributed by atoms with Gasteiger partial charge in [-0.25, -0.2) is 0 Å². The fourth-order valence-corrected chi connectivity index (χ4v) is 7.69. The molecule has 0 spiro atoms. The van der Waals surface area contributed by atoms with Crippen LogP contribution in [0.3, 0.4) is 0 Å². The Labute approximate surface area is 236 Å². The van der Waals surface area contributed by atoms with Crippen molar-refractivity contribution in [2.24, 2.45) is 29.4 Å². The minimum absolute atomic E-state index is 0.0394. The molecule has 9 heteroatoms. The molecule has 0 heterocycles. The summed E-state index contributed by atoms with van der Waals surface area (Å²) in [7, 11) is 7.17. The normalized spacial score (nSPS) is 28.6. The fourth-order valence-electron chi connectivity index (χ4n) is 7.69. The van der Waals surface area contributed by atoms with Gasteiger partial charge in [0.25, 0.3) is 5.91 Å². The Balaban J connectivity index is 1.59. The van der Waals surface area contributed by atoms with Crippen LogP contribution in [0, 0.1) is 30.6 Å². The first kappa shape index (κ1) is 28.6. The second-order valence-corrected chi connectivity index (χ2v) is 13.0. The van der Waals surface area contributed by atoms with Gasteiger partial charge in [-0.1, -0.05) is 0 Å². The summed E-state index contributed by atoms with van der Waals surface area (Å²) in [5.41, 5.74) is 8.92. The predicted molar refractivity (Wildman–Crippen MR) is 151 cm³/mol. The lowest BCUT2D eigenvalue weighted by molar-refractivity contribution is -0.117. The number of benzene rings is 1. The number of carbonyl (C=O) groups excluding carboxylic acids is 2. The number of phenols is 1. The number of ether oxygens (including phenoxy) is 1. The number of likely N-dealkylation sites (N-methyl/N-ethyl adjacent to an activating group) is 1. The van der Waals surface area contributed by atoms with Gasteiger partial charge in [-0.2, -0.15) is 0 Å². The highest BCUT2D eigenvalue weighted by Crippen LogP contribution is 2.53. The minimum Gasteiger partial charge on any atom is -0.510 e. The Morgan fingerprint density at radius 2 is 1.85 bits per heavy atom. The number of phenolic OH excluding ortho intramolecular Hbond substituents is 1. The number of nitrogens with zero attached hydrogens (tertiary/aromatic N) is 2. The molecule has 1 saturated carbocycles. The molecule has 2 unspecified atom stereocenters. The van der Waals surface area contributed by atoms with Crippen molar-refractivity contribution in [3.63, 3.8) is 0 Å². The van der Waals surface area contributed by atoms with Crippen molar-refractivity contribution >= 4 is 11.7 Å². The lowest BCUT2D eigenvalue weighted by Crippen LogP contribution is -2.54. The van der Waals surface area contributed by atoms with Gasteiger partial charge in [0.05, 0.1) is 36.3 Å². The second-order valence-electron chi connectivity index (χ2n) is 13.0. The lowest BCUT2D eigenvalue weighted by atomic mass is 9.60. The Kier molecular flexibility index (Phi) is 7.08. The van der Waals surface area contributed by atoms with Crippen LogP contribution in [0.5, 0.6) is 5.75 Å². The van der Waals surface area contributed by atoms with E-state index in [1.807, 2.05) is 11.8 Å². The van der Waals surface area contributed by atoms with E-state index in [4.69, 9.17) is 10.5 Å². The van der Waals surface area contributed by atoms with E-state index in [9.17, 15) is 24.9 Å². The molecule has 9 nitrogen and oxygen atoms in total. The molecular formula is C31H43N3O6. The molecule has 4 aliphatic carbocycles. The summed E-state index contributed by atoms with van der Waals surface area (Å²) in [4.78, 5) is 30.5. The molecule has 218 valence electrons. The smallest absolute Gasteiger partial charge is 0.250 e. The van der Waals surface area contributed by atoms with E-state index in [0.29, 0.717) is 36.6 Å². The number of aliphatic hydroxyl groups excluding tert-OH is 2. The molecule has 0 aliphatic heterocycles. The number of amides is 1. The highest BCUT2D eigenvalue weighted by atomic mass is 16.5. The summed E-state index contributed by atoms with van der Waals surface area (Å²) >= 11 is 0. The first-order valence-corrected chi connectivity index (χ1v) is 14.2. The van der Waals surface area contributed by atoms with Crippen LogP contribution in [-0.2, 0) is 22.5 Å². The third kappa shape index (κ3) is 4.25. The molecule has 0 radical (unpaired) electrons. The topological polar surface area (TPSA) is 137 Å². The van der Waals surface area contributed by atoms with Crippen LogP contribution < -0.4 is 5.73 Å². The number of primary amides is 1. The summed E-state index contributed by atoms with van der Waals surface area (Å²) in [5, 5.41) is 33.6. The number of Topliss-reactive ketones (excluding diaryl/α,β-unsaturated/α-hetero) is 1. The zero-order chi connectivity index (χ0) is 29.4. The number of hydrogen-bond acceptors (Lipinski definition) is 8. The van der Waals surface area contributed by atoms with E-state index >= 15 is 0 Å². The number of fused-ring (bicyclic) bond motifs is 3. The maximum absolute atomic E-state index is 14.1. The average molecular weight is 554 g/mol. The minimum atomic E-state index is -1.42. The van der Waals surface area contributed by atoms with Gasteiger partial charge in [0.15, 0.2) is 5.78 Å². The van der Waals surface area contributed by atoms with Gasteiger partial charge in [0, 0.05) is 17.7 Å². The van der Waals surface area contributed by atoms with Crippen molar-refractivity contribution in [2.75, 3.05) is 28.3 Å². The molecule has 1 amide bonds. The van der Waals surface area contributed by atoms with E-state index in [-0.39, 0.29) is 45.8 Å². The number of hydrogen-bond donors (Lipinski definition) is 4. The van der Waals surface area contributed by atoms with E-state index < -0.39 is 24.0 Å². The van der Waals surface area contributed by atoms with E-state index in [0.717, 1.165) is 16.7 Å². The summed E-state index contributed by atoms with van der Waals surface area (Å²) in [6.07, 6.45) is 2.07. The van der Waals surface area contributed by atoms with Gasteiger partial charge in [-0.05, 0) is 108 Å². The zero-order valence-electron chi connectivity index (χ0n) is 24.6. The Morgan fingerprint density at radius 3 is 2.40 bits per heavy atom.